The van der Waals surface area contributed by atoms with Crippen molar-refractivity contribution >= 4 is 5.91 Å². The zero-order valence-electron chi connectivity index (χ0n) is 13.2. The van der Waals surface area contributed by atoms with Crippen molar-refractivity contribution in [2.45, 2.75) is 44.2 Å². The summed E-state index contributed by atoms with van der Waals surface area (Å²) in [6.07, 6.45) is -3.31. The normalized spacial score (nSPS) is 30.9. The summed E-state index contributed by atoms with van der Waals surface area (Å²) in [4.78, 5) is 11.3. The zero-order valence-corrected chi connectivity index (χ0v) is 13.2. The number of methoxy groups -OCH3 is 1. The summed E-state index contributed by atoms with van der Waals surface area (Å²) in [6, 6.07) is 8.76. The zero-order chi connectivity index (χ0) is 16.8. The lowest BCUT2D eigenvalue weighted by Gasteiger charge is -2.43. The van der Waals surface area contributed by atoms with E-state index in [0.29, 0.717) is 6.61 Å². The van der Waals surface area contributed by atoms with Gasteiger partial charge < -0.3 is 29.7 Å². The highest BCUT2D eigenvalue weighted by atomic mass is 16.6. The third-order valence-electron chi connectivity index (χ3n) is 3.77. The number of hydrogen-bond acceptors (Lipinski definition) is 6. The molecule has 3 N–H and O–H groups in total. The van der Waals surface area contributed by atoms with E-state index in [1.54, 1.807) is 0 Å². The first-order valence-electron chi connectivity index (χ1n) is 7.46. The molecular formula is C16H23NO6. The molecule has 1 fully saturated rings. The van der Waals surface area contributed by atoms with Crippen LogP contribution in [0.5, 0.6) is 0 Å². The summed E-state index contributed by atoms with van der Waals surface area (Å²) < 4.78 is 16.6. The highest BCUT2D eigenvalue weighted by molar-refractivity contribution is 5.73. The number of ether oxygens (including phenoxy) is 3. The van der Waals surface area contributed by atoms with Crippen LogP contribution in [-0.4, -0.2) is 60.5 Å². The van der Waals surface area contributed by atoms with E-state index >= 15 is 0 Å². The van der Waals surface area contributed by atoms with E-state index in [1.807, 2.05) is 30.3 Å². The Hall–Kier alpha value is -1.51. The maximum atomic E-state index is 11.3. The number of rotatable bonds is 6. The van der Waals surface area contributed by atoms with Crippen LogP contribution < -0.4 is 5.32 Å². The van der Waals surface area contributed by atoms with E-state index in [2.05, 4.69) is 5.32 Å². The molecule has 23 heavy (non-hydrogen) atoms. The molecule has 0 unspecified atom stereocenters. The van der Waals surface area contributed by atoms with Gasteiger partial charge in [0.05, 0.1) is 13.2 Å². The van der Waals surface area contributed by atoms with Crippen LogP contribution in [0.2, 0.25) is 0 Å². The number of amides is 1. The largest absolute Gasteiger partial charge is 0.394 e. The van der Waals surface area contributed by atoms with Crippen molar-refractivity contribution in [1.82, 2.24) is 5.32 Å². The Bertz CT molecular complexity index is 497. The van der Waals surface area contributed by atoms with E-state index in [-0.39, 0.29) is 12.5 Å². The molecule has 0 bridgehead atoms. The van der Waals surface area contributed by atoms with Gasteiger partial charge in [-0.05, 0) is 5.56 Å². The lowest BCUT2D eigenvalue weighted by atomic mass is 9.96. The fourth-order valence-corrected chi connectivity index (χ4v) is 2.70. The molecule has 2 rings (SSSR count). The fourth-order valence-electron chi connectivity index (χ4n) is 2.70. The van der Waals surface area contributed by atoms with Gasteiger partial charge in [0.25, 0.3) is 0 Å². The maximum Gasteiger partial charge on any atom is 0.217 e. The second-order valence-electron chi connectivity index (χ2n) is 5.44. The van der Waals surface area contributed by atoms with Gasteiger partial charge in [-0.2, -0.15) is 0 Å². The van der Waals surface area contributed by atoms with Gasteiger partial charge in [-0.1, -0.05) is 30.3 Å². The topological polar surface area (TPSA) is 97.3 Å². The van der Waals surface area contributed by atoms with Crippen LogP contribution in [-0.2, 0) is 25.6 Å². The van der Waals surface area contributed by atoms with Crippen LogP contribution in [0.3, 0.4) is 0 Å². The summed E-state index contributed by atoms with van der Waals surface area (Å²) in [5, 5.41) is 22.1. The third kappa shape index (κ3) is 4.49. The summed E-state index contributed by atoms with van der Waals surface area (Å²) in [7, 11) is 1.46. The van der Waals surface area contributed by atoms with E-state index in [9.17, 15) is 15.0 Å². The lowest BCUT2D eigenvalue weighted by molar-refractivity contribution is -0.269. The fraction of sp³-hybridized carbons (Fsp3) is 0.562. The second-order valence-corrected chi connectivity index (χ2v) is 5.44. The molecule has 1 aromatic carbocycles. The van der Waals surface area contributed by atoms with E-state index in [0.717, 1.165) is 5.56 Å². The Balaban J connectivity index is 2.12. The average Bonchev–Trinajstić information content (AvgIpc) is 2.55. The van der Waals surface area contributed by atoms with Crippen molar-refractivity contribution in [2.24, 2.45) is 0 Å². The summed E-state index contributed by atoms with van der Waals surface area (Å²) >= 11 is 0. The predicted molar refractivity (Wildman–Crippen MR) is 81.4 cm³/mol. The van der Waals surface area contributed by atoms with Crippen molar-refractivity contribution in [2.75, 3.05) is 13.7 Å². The molecule has 1 aromatic rings. The first-order chi connectivity index (χ1) is 11.1. The average molecular weight is 325 g/mol. The quantitative estimate of drug-likeness (QED) is 0.670. The van der Waals surface area contributed by atoms with Crippen LogP contribution in [0.1, 0.15) is 12.5 Å². The van der Waals surface area contributed by atoms with Crippen LogP contribution in [0, 0.1) is 0 Å². The number of nitrogens with one attached hydrogen (secondary N) is 1. The number of carbonyl (C=O) groups excluding carboxylic acids is 1. The van der Waals surface area contributed by atoms with Gasteiger partial charge in [-0.25, -0.2) is 0 Å². The van der Waals surface area contributed by atoms with E-state index in [1.165, 1.54) is 14.0 Å². The van der Waals surface area contributed by atoms with Crippen LogP contribution in [0.25, 0.3) is 0 Å². The molecule has 0 aliphatic carbocycles. The van der Waals surface area contributed by atoms with Gasteiger partial charge in [-0.3, -0.25) is 4.79 Å². The highest BCUT2D eigenvalue weighted by Gasteiger charge is 2.46. The molecule has 128 valence electrons. The minimum absolute atomic E-state index is 0.300. The highest BCUT2D eigenvalue weighted by Crippen LogP contribution is 2.25. The molecule has 1 aliphatic rings. The SMILES string of the molecule is CO[C@H]1[C@H](NC(C)=O)[C@@H](O)O[C@@H](CO)[C@H]1OCc1ccccc1. The molecule has 1 saturated heterocycles. The molecule has 0 aromatic heterocycles. The van der Waals surface area contributed by atoms with Crippen molar-refractivity contribution < 1.29 is 29.2 Å². The van der Waals surface area contributed by atoms with Crippen LogP contribution in [0.15, 0.2) is 30.3 Å². The van der Waals surface area contributed by atoms with Crippen molar-refractivity contribution in [1.29, 1.82) is 0 Å². The number of hydrogen-bond donors (Lipinski definition) is 3. The monoisotopic (exact) mass is 325 g/mol. The standard InChI is InChI=1S/C16H23NO6/c1-10(19)17-13-15(21-2)14(12(8-18)23-16(13)20)22-9-11-6-4-3-5-7-11/h3-7,12-16,18,20H,8-9H2,1-2H3,(H,17,19)/t12-,13-,14+,15-,16-/m0/s1. The Morgan fingerprint density at radius 1 is 1.30 bits per heavy atom. The van der Waals surface area contributed by atoms with Gasteiger partial charge in [0.2, 0.25) is 5.91 Å². The first-order valence-corrected chi connectivity index (χ1v) is 7.46. The minimum atomic E-state index is -1.28. The molecule has 0 spiro atoms. The second kappa shape index (κ2) is 8.37. The maximum absolute atomic E-state index is 11.3. The minimum Gasteiger partial charge on any atom is -0.394 e. The number of carbonyl (C=O) groups is 1. The smallest absolute Gasteiger partial charge is 0.217 e. The Kier molecular flexibility index (Phi) is 6.49. The Morgan fingerprint density at radius 3 is 2.57 bits per heavy atom. The molecule has 5 atom stereocenters. The molecule has 1 aliphatic heterocycles. The Labute approximate surface area is 135 Å². The van der Waals surface area contributed by atoms with Gasteiger partial charge in [0.1, 0.15) is 24.4 Å². The van der Waals surface area contributed by atoms with Crippen LogP contribution in [0.4, 0.5) is 0 Å². The molecule has 0 radical (unpaired) electrons. The van der Waals surface area contributed by atoms with Crippen molar-refractivity contribution in [3.05, 3.63) is 35.9 Å². The first kappa shape index (κ1) is 17.8. The van der Waals surface area contributed by atoms with Crippen molar-refractivity contribution in [3.63, 3.8) is 0 Å². The predicted octanol–water partition coefficient (Wildman–Crippen LogP) is -0.199. The molecule has 1 amide bonds. The molecule has 7 nitrogen and oxygen atoms in total. The van der Waals surface area contributed by atoms with Crippen LogP contribution >= 0.6 is 0 Å². The van der Waals surface area contributed by atoms with Gasteiger partial charge in [-0.15, -0.1) is 0 Å². The van der Waals surface area contributed by atoms with Gasteiger partial charge in [0, 0.05) is 14.0 Å². The van der Waals surface area contributed by atoms with Gasteiger partial charge >= 0.3 is 0 Å². The molecule has 0 saturated carbocycles. The number of aliphatic hydroxyl groups is 2. The summed E-state index contributed by atoms with van der Waals surface area (Å²) in [5.74, 6) is -0.316. The number of aliphatic hydroxyl groups excluding tert-OH is 2. The molecular weight excluding hydrogens is 302 g/mol. The summed E-state index contributed by atoms with van der Waals surface area (Å²) in [6.45, 7) is 1.31. The van der Waals surface area contributed by atoms with E-state index < -0.39 is 30.6 Å². The number of benzene rings is 1. The Morgan fingerprint density at radius 2 is 2.00 bits per heavy atom. The van der Waals surface area contributed by atoms with Crippen molar-refractivity contribution in [3.8, 4) is 0 Å². The van der Waals surface area contributed by atoms with E-state index in [4.69, 9.17) is 14.2 Å². The molecule has 7 heteroatoms. The third-order valence-corrected chi connectivity index (χ3v) is 3.77. The lowest BCUT2D eigenvalue weighted by Crippen LogP contribution is -2.65. The summed E-state index contributed by atoms with van der Waals surface area (Å²) in [5.41, 5.74) is 0.959. The molecule has 1 heterocycles. The van der Waals surface area contributed by atoms with Gasteiger partial charge in [0.15, 0.2) is 6.29 Å².